The van der Waals surface area contributed by atoms with Gasteiger partial charge in [-0.3, -0.25) is 4.79 Å². The number of hydrogen-bond acceptors (Lipinski definition) is 4. The molecule has 0 amide bonds. The van der Waals surface area contributed by atoms with Gasteiger partial charge in [0, 0.05) is 11.0 Å². The maximum absolute atomic E-state index is 12.3. The lowest BCUT2D eigenvalue weighted by molar-refractivity contribution is -0.140. The molecule has 4 nitrogen and oxygen atoms in total. The van der Waals surface area contributed by atoms with E-state index in [4.69, 9.17) is 15.2 Å². The van der Waals surface area contributed by atoms with Gasteiger partial charge in [0.05, 0.1) is 5.92 Å². The van der Waals surface area contributed by atoms with Gasteiger partial charge < -0.3 is 15.2 Å². The molecule has 0 heterocycles. The molecule has 0 spiro atoms. The van der Waals surface area contributed by atoms with Crippen LogP contribution in [0.5, 0.6) is 11.5 Å². The quantitative estimate of drug-likeness (QED) is 0.381. The molecule has 0 fully saturated rings. The molecule has 170 valence electrons. The Morgan fingerprint density at radius 3 is 1.65 bits per heavy atom. The summed E-state index contributed by atoms with van der Waals surface area (Å²) >= 11 is 0. The molecule has 0 aromatic heterocycles. The first-order valence-corrected chi connectivity index (χ1v) is 11.2. The third-order valence-electron chi connectivity index (χ3n) is 6.70. The summed E-state index contributed by atoms with van der Waals surface area (Å²) in [5.41, 5.74) is 7.40. The van der Waals surface area contributed by atoms with E-state index in [1.54, 1.807) is 6.92 Å². The van der Waals surface area contributed by atoms with E-state index in [0.29, 0.717) is 5.75 Å². The van der Waals surface area contributed by atoms with Crippen LogP contribution < -0.4 is 15.2 Å². The number of carbonyl (C=O) groups is 1. The third kappa shape index (κ3) is 6.10. The molecule has 0 bridgehead atoms. The summed E-state index contributed by atoms with van der Waals surface area (Å²) in [4.78, 5) is 12.3. The summed E-state index contributed by atoms with van der Waals surface area (Å²) in [5, 5.41) is 0. The van der Waals surface area contributed by atoms with Crippen molar-refractivity contribution < 1.29 is 14.3 Å². The molecule has 2 aromatic rings. The predicted octanol–water partition coefficient (Wildman–Crippen LogP) is 6.25. The van der Waals surface area contributed by atoms with Crippen molar-refractivity contribution in [3.63, 3.8) is 0 Å². The molecule has 2 N–H and O–H groups in total. The monoisotopic (exact) mass is 425 g/mol. The van der Waals surface area contributed by atoms with Crippen LogP contribution in [-0.2, 0) is 10.2 Å². The molecule has 0 aliphatic heterocycles. The molecule has 0 radical (unpaired) electrons. The Morgan fingerprint density at radius 1 is 0.839 bits per heavy atom. The number of nitrogens with two attached hydrogens (primary N) is 1. The van der Waals surface area contributed by atoms with E-state index in [2.05, 4.69) is 46.8 Å². The number of ether oxygens (including phenoxy) is 2. The molecule has 4 heteroatoms. The fourth-order valence-electron chi connectivity index (χ4n) is 3.23. The highest BCUT2D eigenvalue weighted by molar-refractivity contribution is 5.76. The minimum absolute atomic E-state index is 0.138. The second-order valence-corrected chi connectivity index (χ2v) is 9.90. The van der Waals surface area contributed by atoms with Gasteiger partial charge >= 0.3 is 5.97 Å². The Hall–Kier alpha value is -2.33. The second-order valence-electron chi connectivity index (χ2n) is 9.90. The first-order chi connectivity index (χ1) is 14.3. The molecule has 0 aliphatic carbocycles. The SMILES string of the molecule is CCC(C)(CC)Oc1ccc(C(C)(C)c2ccc(OC(=O)C(C)C(C)(C)N)cc2)cc1. The second kappa shape index (κ2) is 9.44. The minimum Gasteiger partial charge on any atom is -0.488 e. The van der Waals surface area contributed by atoms with Crippen molar-refractivity contribution >= 4 is 5.97 Å². The van der Waals surface area contributed by atoms with Gasteiger partial charge in [-0.25, -0.2) is 0 Å². The van der Waals surface area contributed by atoms with Gasteiger partial charge in [-0.15, -0.1) is 0 Å². The van der Waals surface area contributed by atoms with Crippen molar-refractivity contribution in [1.29, 1.82) is 0 Å². The average molecular weight is 426 g/mol. The van der Waals surface area contributed by atoms with Crippen LogP contribution in [0.2, 0.25) is 0 Å². The molecule has 2 aromatic carbocycles. The zero-order valence-electron chi connectivity index (χ0n) is 20.4. The largest absolute Gasteiger partial charge is 0.488 e. The third-order valence-corrected chi connectivity index (χ3v) is 6.70. The summed E-state index contributed by atoms with van der Waals surface area (Å²) in [5.74, 6) is 0.709. The Bertz CT molecular complexity index is 857. The van der Waals surface area contributed by atoms with Gasteiger partial charge in [0.1, 0.15) is 17.1 Å². The molecular formula is C27H39NO3. The highest BCUT2D eigenvalue weighted by atomic mass is 16.5. The van der Waals surface area contributed by atoms with Gasteiger partial charge in [0.25, 0.3) is 0 Å². The molecule has 2 rings (SSSR count). The topological polar surface area (TPSA) is 61.5 Å². The molecule has 0 saturated carbocycles. The fourth-order valence-corrected chi connectivity index (χ4v) is 3.23. The standard InChI is InChI=1S/C27H39NO3/c1-9-27(8,10-2)31-23-17-13-21(14-18-23)25(4,5)20-11-15-22(16-12-20)30-24(29)19(3)26(6,7)28/h11-19H,9-10,28H2,1-8H3. The molecule has 1 atom stereocenters. The Kier molecular flexibility index (Phi) is 7.59. The van der Waals surface area contributed by atoms with E-state index in [1.807, 2.05) is 50.2 Å². The maximum Gasteiger partial charge on any atom is 0.315 e. The predicted molar refractivity (Wildman–Crippen MR) is 128 cm³/mol. The van der Waals surface area contributed by atoms with Crippen LogP contribution in [0.25, 0.3) is 0 Å². The van der Waals surface area contributed by atoms with Crippen molar-refractivity contribution in [3.8, 4) is 11.5 Å². The number of hydrogen-bond donors (Lipinski definition) is 1. The van der Waals surface area contributed by atoms with Crippen molar-refractivity contribution in [3.05, 3.63) is 59.7 Å². The van der Waals surface area contributed by atoms with Crippen molar-refractivity contribution in [2.45, 2.75) is 84.8 Å². The van der Waals surface area contributed by atoms with Crippen LogP contribution in [-0.4, -0.2) is 17.1 Å². The van der Waals surface area contributed by atoms with Crippen LogP contribution in [0.1, 0.15) is 79.4 Å². The summed E-state index contributed by atoms with van der Waals surface area (Å²) in [7, 11) is 0. The number of rotatable bonds is 9. The molecule has 0 aliphatic rings. The Balaban J connectivity index is 2.14. The van der Waals surface area contributed by atoms with Gasteiger partial charge in [-0.05, 0) is 69.0 Å². The molecule has 31 heavy (non-hydrogen) atoms. The normalized spacial score (nSPS) is 13.6. The zero-order chi connectivity index (χ0) is 23.4. The number of benzene rings is 2. The van der Waals surface area contributed by atoms with Crippen LogP contribution >= 0.6 is 0 Å². The van der Waals surface area contributed by atoms with Gasteiger partial charge in [0.15, 0.2) is 0 Å². The maximum atomic E-state index is 12.3. The molecule has 1 unspecified atom stereocenters. The summed E-state index contributed by atoms with van der Waals surface area (Å²) in [6.45, 7) is 16.3. The fraction of sp³-hybridized carbons (Fsp3) is 0.519. The lowest BCUT2D eigenvalue weighted by atomic mass is 9.78. The number of carbonyl (C=O) groups excluding carboxylic acids is 1. The van der Waals surface area contributed by atoms with Crippen LogP contribution in [0, 0.1) is 5.92 Å². The van der Waals surface area contributed by atoms with Crippen LogP contribution in [0.4, 0.5) is 0 Å². The Labute approximate surface area is 188 Å². The lowest BCUT2D eigenvalue weighted by Crippen LogP contribution is -2.44. The zero-order valence-corrected chi connectivity index (χ0v) is 20.4. The van der Waals surface area contributed by atoms with E-state index in [0.717, 1.165) is 24.2 Å². The minimum atomic E-state index is -0.624. The molecular weight excluding hydrogens is 386 g/mol. The Morgan fingerprint density at radius 2 is 1.26 bits per heavy atom. The summed E-state index contributed by atoms with van der Waals surface area (Å²) < 4.78 is 11.7. The highest BCUT2D eigenvalue weighted by Gasteiger charge is 2.29. The summed E-state index contributed by atoms with van der Waals surface area (Å²) in [6, 6.07) is 16.1. The van der Waals surface area contributed by atoms with Gasteiger partial charge in [-0.2, -0.15) is 0 Å². The van der Waals surface area contributed by atoms with E-state index in [1.165, 1.54) is 5.56 Å². The lowest BCUT2D eigenvalue weighted by Gasteiger charge is -2.30. The molecule has 0 saturated heterocycles. The van der Waals surface area contributed by atoms with Gasteiger partial charge in [0.2, 0.25) is 0 Å². The van der Waals surface area contributed by atoms with Crippen LogP contribution in [0.15, 0.2) is 48.5 Å². The van der Waals surface area contributed by atoms with E-state index >= 15 is 0 Å². The van der Waals surface area contributed by atoms with E-state index in [9.17, 15) is 4.79 Å². The van der Waals surface area contributed by atoms with Crippen LogP contribution in [0.3, 0.4) is 0 Å². The first-order valence-electron chi connectivity index (χ1n) is 11.2. The summed E-state index contributed by atoms with van der Waals surface area (Å²) in [6.07, 6.45) is 1.93. The number of esters is 1. The smallest absolute Gasteiger partial charge is 0.315 e. The average Bonchev–Trinajstić information content (AvgIpc) is 2.73. The van der Waals surface area contributed by atoms with Crippen molar-refractivity contribution in [2.24, 2.45) is 11.7 Å². The van der Waals surface area contributed by atoms with Gasteiger partial charge in [-0.1, -0.05) is 58.9 Å². The van der Waals surface area contributed by atoms with Crippen molar-refractivity contribution in [2.75, 3.05) is 0 Å². The van der Waals surface area contributed by atoms with E-state index in [-0.39, 0.29) is 17.0 Å². The van der Waals surface area contributed by atoms with E-state index < -0.39 is 11.5 Å². The first kappa shape index (κ1) is 24.9. The highest BCUT2D eigenvalue weighted by Crippen LogP contribution is 2.34. The van der Waals surface area contributed by atoms with Crippen molar-refractivity contribution in [1.82, 2.24) is 0 Å².